The lowest BCUT2D eigenvalue weighted by atomic mass is 9.98. The highest BCUT2D eigenvalue weighted by molar-refractivity contribution is 6.16. The van der Waals surface area contributed by atoms with Crippen molar-refractivity contribution in [3.63, 3.8) is 0 Å². The number of aromatic nitrogens is 3. The lowest BCUT2D eigenvalue weighted by molar-refractivity contribution is 0.669. The summed E-state index contributed by atoms with van der Waals surface area (Å²) < 4.78 is 66.3. The molecule has 0 fully saturated rings. The highest BCUT2D eigenvalue weighted by Gasteiger charge is 2.22. The number of rotatable bonds is 4. The third-order valence-corrected chi connectivity index (χ3v) is 8.70. The lowest BCUT2D eigenvalue weighted by Crippen LogP contribution is -2.01. The molecule has 224 valence electrons. The van der Waals surface area contributed by atoms with Gasteiger partial charge in [-0.05, 0) is 52.7 Å². The van der Waals surface area contributed by atoms with Crippen molar-refractivity contribution in [2.45, 2.75) is 0 Å². The van der Waals surface area contributed by atoms with Crippen LogP contribution in [0.2, 0.25) is 0 Å². The Balaban J connectivity index is 1.36. The Bertz CT molecular complexity index is 3190. The molecule has 3 heterocycles. The molecular weight excluding hydrogens is 590 g/mol. The molecule has 0 aliphatic rings. The zero-order valence-corrected chi connectivity index (χ0v) is 25.1. The van der Waals surface area contributed by atoms with Crippen molar-refractivity contribution in [1.29, 1.82) is 0 Å². The first-order valence-electron chi connectivity index (χ1n) is 18.5. The quantitative estimate of drug-likeness (QED) is 0.196. The minimum Gasteiger partial charge on any atom is -0.456 e. The van der Waals surface area contributed by atoms with Gasteiger partial charge in [-0.3, -0.25) is 0 Å². The van der Waals surface area contributed by atoms with Crippen molar-refractivity contribution < 1.29 is 17.1 Å². The van der Waals surface area contributed by atoms with Crippen LogP contribution in [0.25, 0.3) is 99.9 Å². The zero-order chi connectivity index (χ0) is 36.8. The van der Waals surface area contributed by atoms with Gasteiger partial charge in [0.15, 0.2) is 17.5 Å². The smallest absolute Gasteiger partial charge is 0.164 e. The van der Waals surface area contributed by atoms with Crippen LogP contribution < -0.4 is 0 Å². The summed E-state index contributed by atoms with van der Waals surface area (Å²) in [6.07, 6.45) is 0. The SMILES string of the molecule is [2H]c1c([2H])c([2H])c2c(oc3c(-c4ccccc4)c([2H])c([2H])c(-c4nc(-c5ccc6ccccc6c5)nc(-c5cccc6oc7ccccc7c56)n4)c32)c1[2H]. The fraction of sp³-hybridized carbons (Fsp3) is 0. The summed E-state index contributed by atoms with van der Waals surface area (Å²) in [4.78, 5) is 15.0. The Morgan fingerprint density at radius 1 is 0.438 bits per heavy atom. The molecular formula is C43H25N3O2. The highest BCUT2D eigenvalue weighted by Crippen LogP contribution is 2.42. The predicted molar refractivity (Wildman–Crippen MR) is 194 cm³/mol. The van der Waals surface area contributed by atoms with Gasteiger partial charge >= 0.3 is 0 Å². The summed E-state index contributed by atoms with van der Waals surface area (Å²) in [5.41, 5.74) is 3.72. The minimum atomic E-state index is -0.451. The van der Waals surface area contributed by atoms with E-state index in [1.165, 1.54) is 0 Å². The summed E-state index contributed by atoms with van der Waals surface area (Å²) >= 11 is 0. The van der Waals surface area contributed by atoms with Gasteiger partial charge in [0.05, 0.1) is 8.22 Å². The van der Waals surface area contributed by atoms with E-state index in [2.05, 4.69) is 0 Å². The van der Waals surface area contributed by atoms with Crippen LogP contribution >= 0.6 is 0 Å². The second-order valence-electron chi connectivity index (χ2n) is 11.5. The number of hydrogen-bond acceptors (Lipinski definition) is 5. The minimum absolute atomic E-state index is 0.0474. The monoisotopic (exact) mass is 621 g/mol. The van der Waals surface area contributed by atoms with Crippen molar-refractivity contribution in [1.82, 2.24) is 15.0 Å². The molecule has 48 heavy (non-hydrogen) atoms. The Morgan fingerprint density at radius 2 is 1.17 bits per heavy atom. The summed E-state index contributed by atoms with van der Waals surface area (Å²) in [7, 11) is 0. The van der Waals surface area contributed by atoms with Crippen LogP contribution in [-0.4, -0.2) is 15.0 Å². The predicted octanol–water partition coefficient (Wildman–Crippen LogP) is 11.5. The van der Waals surface area contributed by atoms with Crippen molar-refractivity contribution in [2.24, 2.45) is 0 Å². The largest absolute Gasteiger partial charge is 0.456 e. The second-order valence-corrected chi connectivity index (χ2v) is 11.5. The van der Waals surface area contributed by atoms with E-state index < -0.39 is 12.1 Å². The van der Waals surface area contributed by atoms with E-state index in [9.17, 15) is 2.74 Å². The van der Waals surface area contributed by atoms with Crippen molar-refractivity contribution in [3.05, 3.63) is 152 Å². The Morgan fingerprint density at radius 3 is 2.08 bits per heavy atom. The molecule has 10 aromatic rings. The molecule has 0 N–H and O–H groups in total. The first kappa shape index (κ1) is 21.3. The number of furan rings is 2. The maximum atomic E-state index is 9.57. The standard InChI is InChI=1S/C43H25N3O2/c1-2-12-27(13-3-1)30-23-24-34(39-32-16-7-9-19-36(32)48-40(30)39)43-45-41(29-22-21-26-11-4-5-14-28(26)25-29)44-42(46-43)33-17-10-20-37-38(33)31-15-6-8-18-35(31)47-37/h1-25H/i7D,9D,16D,19D,23D,24D. The molecule has 5 heteroatoms. The summed E-state index contributed by atoms with van der Waals surface area (Å²) in [5.74, 6) is 0.652. The van der Waals surface area contributed by atoms with Gasteiger partial charge < -0.3 is 8.83 Å². The van der Waals surface area contributed by atoms with Gasteiger partial charge in [-0.1, -0.05) is 115 Å². The Labute approximate surface area is 283 Å². The normalized spacial score (nSPS) is 13.5. The number of fused-ring (bicyclic) bond motifs is 7. The Kier molecular flexibility index (Phi) is 4.64. The lowest BCUT2D eigenvalue weighted by Gasteiger charge is -2.11. The van der Waals surface area contributed by atoms with Gasteiger partial charge in [-0.25, -0.2) is 15.0 Å². The van der Waals surface area contributed by atoms with Gasteiger partial charge in [0.2, 0.25) is 0 Å². The van der Waals surface area contributed by atoms with Crippen LogP contribution in [0.5, 0.6) is 0 Å². The molecule has 0 bridgehead atoms. The average molecular weight is 622 g/mol. The molecule has 5 nitrogen and oxygen atoms in total. The van der Waals surface area contributed by atoms with E-state index in [0.717, 1.165) is 21.5 Å². The van der Waals surface area contributed by atoms with Crippen LogP contribution in [0, 0.1) is 0 Å². The van der Waals surface area contributed by atoms with Gasteiger partial charge in [-0.15, -0.1) is 0 Å². The van der Waals surface area contributed by atoms with Gasteiger partial charge in [-0.2, -0.15) is 0 Å². The molecule has 0 radical (unpaired) electrons. The van der Waals surface area contributed by atoms with Crippen molar-refractivity contribution in [2.75, 3.05) is 0 Å². The van der Waals surface area contributed by atoms with E-state index in [4.69, 9.17) is 29.3 Å². The molecule has 0 atom stereocenters. The van der Waals surface area contributed by atoms with Gasteiger partial charge in [0.25, 0.3) is 0 Å². The average Bonchev–Trinajstić information content (AvgIpc) is 3.79. The summed E-state index contributed by atoms with van der Waals surface area (Å²) in [6, 6.07) is 34.3. The molecule has 0 saturated carbocycles. The van der Waals surface area contributed by atoms with Crippen molar-refractivity contribution >= 4 is 54.6 Å². The fourth-order valence-corrected chi connectivity index (χ4v) is 6.48. The van der Waals surface area contributed by atoms with Crippen LogP contribution in [0.1, 0.15) is 8.22 Å². The fourth-order valence-electron chi connectivity index (χ4n) is 6.48. The van der Waals surface area contributed by atoms with Crippen LogP contribution in [0.4, 0.5) is 0 Å². The van der Waals surface area contributed by atoms with E-state index in [0.29, 0.717) is 39.5 Å². The van der Waals surface area contributed by atoms with Crippen LogP contribution in [0.3, 0.4) is 0 Å². The topological polar surface area (TPSA) is 65.0 Å². The maximum absolute atomic E-state index is 9.57. The Hall–Kier alpha value is -6.59. The number of nitrogens with zero attached hydrogens (tertiary/aromatic N) is 3. The summed E-state index contributed by atoms with van der Waals surface area (Å²) in [6.45, 7) is 0. The van der Waals surface area contributed by atoms with E-state index >= 15 is 0 Å². The summed E-state index contributed by atoms with van der Waals surface area (Å²) in [5, 5.41) is 3.98. The number of para-hydroxylation sites is 2. The van der Waals surface area contributed by atoms with E-state index in [1.807, 2.05) is 103 Å². The number of hydrogen-bond donors (Lipinski definition) is 0. The number of benzene rings is 7. The van der Waals surface area contributed by atoms with Gasteiger partial charge in [0.1, 0.15) is 22.3 Å². The molecule has 0 aliphatic heterocycles. The van der Waals surface area contributed by atoms with E-state index in [1.54, 1.807) is 12.1 Å². The van der Waals surface area contributed by atoms with Crippen LogP contribution in [-0.2, 0) is 0 Å². The molecule has 0 aliphatic carbocycles. The molecule has 3 aromatic heterocycles. The molecule has 7 aromatic carbocycles. The molecule has 0 unspecified atom stereocenters. The second kappa shape index (κ2) is 10.5. The third kappa shape index (κ3) is 4.15. The van der Waals surface area contributed by atoms with E-state index in [-0.39, 0.29) is 63.1 Å². The highest BCUT2D eigenvalue weighted by atomic mass is 16.3. The molecule has 0 amide bonds. The first-order valence-corrected chi connectivity index (χ1v) is 15.5. The zero-order valence-electron chi connectivity index (χ0n) is 31.1. The third-order valence-electron chi connectivity index (χ3n) is 8.70. The first-order chi connectivity index (χ1) is 26.3. The molecule has 0 saturated heterocycles. The van der Waals surface area contributed by atoms with Crippen LogP contribution in [0.15, 0.2) is 160 Å². The molecule has 10 rings (SSSR count). The van der Waals surface area contributed by atoms with Crippen molar-refractivity contribution in [3.8, 4) is 45.3 Å². The molecule has 0 spiro atoms. The van der Waals surface area contributed by atoms with Gasteiger partial charge in [0, 0.05) is 43.8 Å². The maximum Gasteiger partial charge on any atom is 0.164 e.